The number of rotatable bonds is 2. The minimum Gasteiger partial charge on any atom is -0.381 e. The molecule has 0 unspecified atom stereocenters. The number of thioether (sulfide) groups is 1. The van der Waals surface area contributed by atoms with E-state index in [1.807, 2.05) is 0 Å². The number of anilines is 1. The topological polar surface area (TPSA) is 55.4 Å². The summed E-state index contributed by atoms with van der Waals surface area (Å²) < 4.78 is 5.32. The van der Waals surface area contributed by atoms with Crippen molar-refractivity contribution in [2.75, 3.05) is 18.5 Å². The van der Waals surface area contributed by atoms with Crippen LogP contribution in [0.3, 0.4) is 0 Å². The Morgan fingerprint density at radius 3 is 2.74 bits per heavy atom. The number of nitrogens with one attached hydrogen (secondary N) is 1. The Morgan fingerprint density at radius 1 is 1.26 bits per heavy atom. The van der Waals surface area contributed by atoms with Crippen molar-refractivity contribution in [2.45, 2.75) is 23.0 Å². The van der Waals surface area contributed by atoms with Gasteiger partial charge in [-0.1, -0.05) is 11.6 Å². The summed E-state index contributed by atoms with van der Waals surface area (Å²) in [4.78, 5) is 23.8. The van der Waals surface area contributed by atoms with Crippen LogP contribution in [0.2, 0.25) is 5.02 Å². The molecule has 2 aliphatic heterocycles. The first-order valence-corrected chi connectivity index (χ1v) is 7.34. The van der Waals surface area contributed by atoms with E-state index >= 15 is 0 Å². The normalized spacial score (nSPS) is 19.4. The summed E-state index contributed by atoms with van der Waals surface area (Å²) in [5, 5.41) is 3.56. The molecule has 1 saturated heterocycles. The lowest BCUT2D eigenvalue weighted by molar-refractivity contribution is -0.112. The molecule has 0 spiro atoms. The summed E-state index contributed by atoms with van der Waals surface area (Å²) in [6.07, 6.45) is 1.98. The van der Waals surface area contributed by atoms with Crippen LogP contribution in [0.1, 0.15) is 23.2 Å². The van der Waals surface area contributed by atoms with Crippen LogP contribution in [0.25, 0.3) is 0 Å². The molecule has 0 aliphatic carbocycles. The predicted octanol–water partition coefficient (Wildman–Crippen LogP) is 2.75. The first kappa shape index (κ1) is 13.0. The van der Waals surface area contributed by atoms with Crippen molar-refractivity contribution < 1.29 is 14.3 Å². The quantitative estimate of drug-likeness (QED) is 0.853. The molecule has 6 heteroatoms. The summed E-state index contributed by atoms with van der Waals surface area (Å²) in [6.45, 7) is 1.55. The number of hydrogen-bond donors (Lipinski definition) is 1. The van der Waals surface area contributed by atoms with Crippen LogP contribution in [0.5, 0.6) is 0 Å². The zero-order valence-electron chi connectivity index (χ0n) is 10.1. The van der Waals surface area contributed by atoms with E-state index in [0.717, 1.165) is 31.0 Å². The van der Waals surface area contributed by atoms with Crippen molar-refractivity contribution in [3.05, 3.63) is 22.7 Å². The lowest BCUT2D eigenvalue weighted by Crippen LogP contribution is -2.17. The third-order valence-corrected chi connectivity index (χ3v) is 5.05. The highest BCUT2D eigenvalue weighted by atomic mass is 35.5. The van der Waals surface area contributed by atoms with E-state index < -0.39 is 11.7 Å². The van der Waals surface area contributed by atoms with Gasteiger partial charge in [0.05, 0.1) is 16.3 Å². The van der Waals surface area contributed by atoms with E-state index in [2.05, 4.69) is 5.32 Å². The molecule has 1 aromatic carbocycles. The number of carbonyl (C=O) groups is 2. The van der Waals surface area contributed by atoms with Gasteiger partial charge in [-0.15, -0.1) is 11.8 Å². The predicted molar refractivity (Wildman–Crippen MR) is 74.1 cm³/mol. The van der Waals surface area contributed by atoms with E-state index in [9.17, 15) is 9.59 Å². The summed E-state index contributed by atoms with van der Waals surface area (Å²) in [5.41, 5.74) is 0.931. The molecule has 2 aliphatic rings. The van der Waals surface area contributed by atoms with Crippen LogP contribution in [-0.2, 0) is 9.53 Å². The lowest BCUT2D eigenvalue weighted by atomic mass is 10.1. The summed E-state index contributed by atoms with van der Waals surface area (Å²) >= 11 is 7.88. The molecule has 1 fully saturated rings. The van der Waals surface area contributed by atoms with Crippen LogP contribution in [0.4, 0.5) is 5.69 Å². The third kappa shape index (κ3) is 2.50. The highest BCUT2D eigenvalue weighted by Gasteiger charge is 2.29. The van der Waals surface area contributed by atoms with Gasteiger partial charge in [0.2, 0.25) is 0 Å². The molecule has 4 nitrogen and oxygen atoms in total. The van der Waals surface area contributed by atoms with E-state index in [1.54, 1.807) is 23.9 Å². The summed E-state index contributed by atoms with van der Waals surface area (Å²) in [6, 6.07) is 3.37. The first-order valence-electron chi connectivity index (χ1n) is 6.09. The Hall–Kier alpha value is -1.04. The van der Waals surface area contributed by atoms with Gasteiger partial charge >= 0.3 is 0 Å². The second-order valence-corrected chi connectivity index (χ2v) is 6.29. The van der Waals surface area contributed by atoms with Crippen molar-refractivity contribution in [3.63, 3.8) is 0 Å². The van der Waals surface area contributed by atoms with E-state index in [1.165, 1.54) is 0 Å². The van der Waals surface area contributed by atoms with Gasteiger partial charge in [0.1, 0.15) is 0 Å². The molecule has 1 amide bonds. The minimum absolute atomic E-state index is 0.367. The molecule has 0 atom stereocenters. The molecule has 100 valence electrons. The molecule has 2 heterocycles. The number of ketones is 1. The standard InChI is InChI=1S/C13H12ClNO3S/c14-9-5-8-10(15-13(17)12(8)16)6-11(9)19-7-1-3-18-4-2-7/h5-7H,1-4H2,(H,15,16,17). The molecule has 1 N–H and O–H groups in total. The van der Waals surface area contributed by atoms with Gasteiger partial charge in [-0.3, -0.25) is 9.59 Å². The highest BCUT2D eigenvalue weighted by Crippen LogP contribution is 2.39. The number of carbonyl (C=O) groups excluding carboxylic acids is 2. The first-order chi connectivity index (χ1) is 9.15. The average Bonchev–Trinajstić information content (AvgIpc) is 2.67. The highest BCUT2D eigenvalue weighted by molar-refractivity contribution is 8.00. The second kappa shape index (κ2) is 5.15. The van der Waals surface area contributed by atoms with Crippen LogP contribution >= 0.6 is 23.4 Å². The molecule has 1 aromatic rings. The monoisotopic (exact) mass is 297 g/mol. The Balaban J connectivity index is 1.85. The van der Waals surface area contributed by atoms with Gasteiger partial charge in [-0.05, 0) is 25.0 Å². The Morgan fingerprint density at radius 2 is 2.00 bits per heavy atom. The van der Waals surface area contributed by atoms with Gasteiger partial charge in [-0.2, -0.15) is 0 Å². The Labute approximate surface area is 119 Å². The Kier molecular flexibility index (Phi) is 3.52. The molecule has 19 heavy (non-hydrogen) atoms. The molecular formula is C13H12ClNO3S. The Bertz CT molecular complexity index is 555. The van der Waals surface area contributed by atoms with Gasteiger partial charge in [0, 0.05) is 23.4 Å². The fourth-order valence-corrected chi connectivity index (χ4v) is 3.65. The average molecular weight is 298 g/mol. The number of ether oxygens (including phenoxy) is 1. The van der Waals surface area contributed by atoms with Crippen LogP contribution in [0.15, 0.2) is 17.0 Å². The molecule has 0 radical (unpaired) electrons. The molecule has 3 rings (SSSR count). The van der Waals surface area contributed by atoms with E-state index in [-0.39, 0.29) is 0 Å². The number of Topliss-reactive ketones (excluding diaryl/α,β-unsaturated/α-hetero) is 1. The van der Waals surface area contributed by atoms with Crippen LogP contribution < -0.4 is 5.32 Å². The van der Waals surface area contributed by atoms with Crippen molar-refractivity contribution in [1.29, 1.82) is 0 Å². The van der Waals surface area contributed by atoms with Crippen molar-refractivity contribution in [2.24, 2.45) is 0 Å². The van der Waals surface area contributed by atoms with Crippen LogP contribution in [0, 0.1) is 0 Å². The smallest absolute Gasteiger partial charge is 0.296 e. The second-order valence-electron chi connectivity index (χ2n) is 4.54. The maximum Gasteiger partial charge on any atom is 0.296 e. The maximum atomic E-state index is 11.6. The largest absolute Gasteiger partial charge is 0.381 e. The van der Waals surface area contributed by atoms with Crippen LogP contribution in [-0.4, -0.2) is 30.2 Å². The van der Waals surface area contributed by atoms with Crippen molar-refractivity contribution >= 4 is 40.7 Å². The zero-order chi connectivity index (χ0) is 13.4. The molecular weight excluding hydrogens is 286 g/mol. The fourth-order valence-electron chi connectivity index (χ4n) is 2.21. The van der Waals surface area contributed by atoms with Gasteiger partial charge in [0.25, 0.3) is 11.7 Å². The number of amides is 1. The van der Waals surface area contributed by atoms with Gasteiger partial charge < -0.3 is 10.1 Å². The molecule has 0 aromatic heterocycles. The number of hydrogen-bond acceptors (Lipinski definition) is 4. The summed E-state index contributed by atoms with van der Waals surface area (Å²) in [7, 11) is 0. The third-order valence-electron chi connectivity index (χ3n) is 3.23. The summed E-state index contributed by atoms with van der Waals surface area (Å²) in [5.74, 6) is -1.10. The fraction of sp³-hybridized carbons (Fsp3) is 0.385. The minimum atomic E-state index is -0.584. The number of halogens is 1. The van der Waals surface area contributed by atoms with E-state index in [0.29, 0.717) is 21.5 Å². The van der Waals surface area contributed by atoms with Gasteiger partial charge in [-0.25, -0.2) is 0 Å². The number of benzene rings is 1. The maximum absolute atomic E-state index is 11.6. The lowest BCUT2D eigenvalue weighted by Gasteiger charge is -2.22. The SMILES string of the molecule is O=C1Nc2cc(SC3CCOCC3)c(Cl)cc2C1=O. The molecule has 0 bridgehead atoms. The molecule has 0 saturated carbocycles. The van der Waals surface area contributed by atoms with Crippen molar-refractivity contribution in [3.8, 4) is 0 Å². The van der Waals surface area contributed by atoms with E-state index in [4.69, 9.17) is 16.3 Å². The number of fused-ring (bicyclic) bond motifs is 1. The zero-order valence-corrected chi connectivity index (χ0v) is 11.6. The van der Waals surface area contributed by atoms with Gasteiger partial charge in [0.15, 0.2) is 0 Å². The van der Waals surface area contributed by atoms with Crippen molar-refractivity contribution in [1.82, 2.24) is 0 Å².